The summed E-state index contributed by atoms with van der Waals surface area (Å²) in [5.74, 6) is 0.578. The Morgan fingerprint density at radius 2 is 2.24 bits per heavy atom. The summed E-state index contributed by atoms with van der Waals surface area (Å²) in [6, 6.07) is 5.27. The molecule has 0 bridgehead atoms. The number of benzene rings is 1. The zero-order chi connectivity index (χ0) is 15.4. The molecule has 0 unspecified atom stereocenters. The number of amides is 1. The van der Waals surface area contributed by atoms with E-state index >= 15 is 0 Å². The third kappa shape index (κ3) is 3.43. The van der Waals surface area contributed by atoms with Gasteiger partial charge >= 0.3 is 0 Å². The van der Waals surface area contributed by atoms with Crippen molar-refractivity contribution in [3.63, 3.8) is 0 Å². The molecule has 0 spiro atoms. The van der Waals surface area contributed by atoms with Crippen molar-refractivity contribution in [2.45, 2.75) is 25.0 Å². The van der Waals surface area contributed by atoms with Crippen molar-refractivity contribution >= 4 is 5.91 Å². The first kappa shape index (κ1) is 15.5. The molecule has 2 N–H and O–H groups in total. The molecule has 1 aromatic rings. The lowest BCUT2D eigenvalue weighted by Crippen LogP contribution is -2.48. The Hall–Kier alpha value is -1.85. The Bertz CT molecular complexity index is 529. The molecule has 0 aromatic heterocycles. The molecule has 2 rings (SSSR count). The van der Waals surface area contributed by atoms with Gasteiger partial charge < -0.3 is 19.8 Å². The fourth-order valence-corrected chi connectivity index (χ4v) is 2.51. The minimum absolute atomic E-state index is 0.145. The lowest BCUT2D eigenvalue weighted by molar-refractivity contribution is -0.0321. The standard InChI is InChI=1S/C16H21NO4/c1-3-4-11-9-12(5-6-15(11)21-2)16(20)17-8-7-13(18)14(19)10-17/h3,5-6,9,13-14,18-19H,1,4,7-8,10H2,2H3/t13-,14-/m0/s1. The Balaban J connectivity index is 2.19. The maximum atomic E-state index is 12.5. The monoisotopic (exact) mass is 291 g/mol. The van der Waals surface area contributed by atoms with Gasteiger partial charge in [0.1, 0.15) is 5.75 Å². The van der Waals surface area contributed by atoms with Crippen LogP contribution in [0.25, 0.3) is 0 Å². The number of aliphatic hydroxyl groups is 2. The van der Waals surface area contributed by atoms with Crippen LogP contribution < -0.4 is 4.74 Å². The van der Waals surface area contributed by atoms with Crippen molar-refractivity contribution < 1.29 is 19.7 Å². The van der Waals surface area contributed by atoms with Gasteiger partial charge in [-0.25, -0.2) is 0 Å². The molecule has 114 valence electrons. The van der Waals surface area contributed by atoms with Gasteiger partial charge in [-0.05, 0) is 36.6 Å². The van der Waals surface area contributed by atoms with Crippen LogP contribution in [0.15, 0.2) is 30.9 Å². The van der Waals surface area contributed by atoms with Crippen LogP contribution in [0.2, 0.25) is 0 Å². The van der Waals surface area contributed by atoms with Crippen LogP contribution in [0.1, 0.15) is 22.3 Å². The van der Waals surface area contributed by atoms with Gasteiger partial charge in [-0.3, -0.25) is 4.79 Å². The highest BCUT2D eigenvalue weighted by Gasteiger charge is 2.29. The van der Waals surface area contributed by atoms with E-state index in [2.05, 4.69) is 6.58 Å². The van der Waals surface area contributed by atoms with Gasteiger partial charge in [0, 0.05) is 18.7 Å². The normalized spacial score (nSPS) is 22.0. The first-order valence-electron chi connectivity index (χ1n) is 7.00. The first-order chi connectivity index (χ1) is 10.1. The zero-order valence-corrected chi connectivity index (χ0v) is 12.2. The van der Waals surface area contributed by atoms with E-state index in [4.69, 9.17) is 4.74 Å². The molecule has 1 aromatic carbocycles. The van der Waals surface area contributed by atoms with Gasteiger partial charge in [-0.1, -0.05) is 6.08 Å². The van der Waals surface area contributed by atoms with Crippen molar-refractivity contribution in [1.82, 2.24) is 4.90 Å². The Morgan fingerprint density at radius 1 is 1.48 bits per heavy atom. The fraction of sp³-hybridized carbons (Fsp3) is 0.438. The van der Waals surface area contributed by atoms with Crippen LogP contribution in [0.5, 0.6) is 5.75 Å². The summed E-state index contributed by atoms with van der Waals surface area (Å²) < 4.78 is 5.26. The second-order valence-electron chi connectivity index (χ2n) is 5.19. The van der Waals surface area contributed by atoms with Gasteiger partial charge in [-0.15, -0.1) is 6.58 Å². The van der Waals surface area contributed by atoms with Crippen molar-refractivity contribution in [2.75, 3.05) is 20.2 Å². The number of carbonyl (C=O) groups excluding carboxylic acids is 1. The molecule has 1 aliphatic rings. The van der Waals surface area contributed by atoms with Crippen molar-refractivity contribution in [1.29, 1.82) is 0 Å². The number of aliphatic hydroxyl groups excluding tert-OH is 2. The summed E-state index contributed by atoms with van der Waals surface area (Å²) in [7, 11) is 1.59. The van der Waals surface area contributed by atoms with Gasteiger partial charge in [0.15, 0.2) is 0 Å². The molecular weight excluding hydrogens is 270 g/mol. The van der Waals surface area contributed by atoms with Crippen molar-refractivity contribution in [3.8, 4) is 5.75 Å². The highest BCUT2D eigenvalue weighted by molar-refractivity contribution is 5.94. The van der Waals surface area contributed by atoms with Crippen LogP contribution in [0, 0.1) is 0 Å². The first-order valence-corrected chi connectivity index (χ1v) is 7.00. The van der Waals surface area contributed by atoms with E-state index in [1.165, 1.54) is 0 Å². The molecule has 21 heavy (non-hydrogen) atoms. The number of likely N-dealkylation sites (tertiary alicyclic amines) is 1. The van der Waals surface area contributed by atoms with E-state index in [1.54, 1.807) is 36.3 Å². The van der Waals surface area contributed by atoms with Crippen LogP contribution in [0.3, 0.4) is 0 Å². The highest BCUT2D eigenvalue weighted by Crippen LogP contribution is 2.22. The molecule has 0 aliphatic carbocycles. The van der Waals surface area contributed by atoms with E-state index in [1.807, 2.05) is 0 Å². The summed E-state index contributed by atoms with van der Waals surface area (Å²) in [6.07, 6.45) is 1.14. The van der Waals surface area contributed by atoms with Gasteiger partial charge in [0.2, 0.25) is 0 Å². The smallest absolute Gasteiger partial charge is 0.253 e. The highest BCUT2D eigenvalue weighted by atomic mass is 16.5. The SMILES string of the molecule is C=CCc1cc(C(=O)N2CC[C@H](O)[C@@H](O)C2)ccc1OC. The predicted molar refractivity (Wildman–Crippen MR) is 79.4 cm³/mol. The second-order valence-corrected chi connectivity index (χ2v) is 5.19. The summed E-state index contributed by atoms with van der Waals surface area (Å²) in [5.41, 5.74) is 1.45. The number of hydrogen-bond acceptors (Lipinski definition) is 4. The minimum Gasteiger partial charge on any atom is -0.496 e. The average Bonchev–Trinajstić information content (AvgIpc) is 2.49. The summed E-state index contributed by atoms with van der Waals surface area (Å²) in [5, 5.41) is 19.2. The molecule has 2 atom stereocenters. The largest absolute Gasteiger partial charge is 0.496 e. The van der Waals surface area contributed by atoms with E-state index in [-0.39, 0.29) is 12.5 Å². The molecule has 1 heterocycles. The Morgan fingerprint density at radius 3 is 2.86 bits per heavy atom. The minimum atomic E-state index is -0.881. The number of hydrogen-bond donors (Lipinski definition) is 2. The van der Waals surface area contributed by atoms with E-state index in [0.29, 0.717) is 24.9 Å². The second kappa shape index (κ2) is 6.74. The maximum absolute atomic E-state index is 12.5. The number of β-amino-alcohol motifs (C(OH)–C–C–N with tert-alkyl or cyclic N) is 1. The molecular formula is C16H21NO4. The number of piperidine rings is 1. The quantitative estimate of drug-likeness (QED) is 0.812. The Kier molecular flexibility index (Phi) is 4.98. The third-order valence-corrected chi connectivity index (χ3v) is 3.73. The lowest BCUT2D eigenvalue weighted by Gasteiger charge is -2.33. The molecule has 0 radical (unpaired) electrons. The molecule has 1 saturated heterocycles. The number of rotatable bonds is 4. The summed E-state index contributed by atoms with van der Waals surface area (Å²) in [4.78, 5) is 14.0. The molecule has 0 saturated carbocycles. The van der Waals surface area contributed by atoms with E-state index in [9.17, 15) is 15.0 Å². The van der Waals surface area contributed by atoms with Crippen LogP contribution in [-0.2, 0) is 6.42 Å². The van der Waals surface area contributed by atoms with Crippen LogP contribution >= 0.6 is 0 Å². The predicted octanol–water partition coefficient (Wildman–Crippen LogP) is 0.991. The van der Waals surface area contributed by atoms with Crippen molar-refractivity contribution in [3.05, 3.63) is 42.0 Å². The zero-order valence-electron chi connectivity index (χ0n) is 12.2. The molecule has 5 nitrogen and oxygen atoms in total. The average molecular weight is 291 g/mol. The molecule has 1 aliphatic heterocycles. The molecule has 1 amide bonds. The molecule has 5 heteroatoms. The van der Waals surface area contributed by atoms with E-state index in [0.717, 1.165) is 11.3 Å². The number of carbonyl (C=O) groups is 1. The number of methoxy groups -OCH3 is 1. The number of nitrogens with zero attached hydrogens (tertiary/aromatic N) is 1. The number of allylic oxidation sites excluding steroid dienone is 1. The third-order valence-electron chi connectivity index (χ3n) is 3.73. The van der Waals surface area contributed by atoms with E-state index < -0.39 is 12.2 Å². The fourth-order valence-electron chi connectivity index (χ4n) is 2.51. The maximum Gasteiger partial charge on any atom is 0.253 e. The number of ether oxygens (including phenoxy) is 1. The van der Waals surface area contributed by atoms with Crippen LogP contribution in [0.4, 0.5) is 0 Å². The molecule has 1 fully saturated rings. The Labute approximate surface area is 124 Å². The van der Waals surface area contributed by atoms with Crippen LogP contribution in [-0.4, -0.2) is 53.4 Å². The van der Waals surface area contributed by atoms with Gasteiger partial charge in [0.05, 0.1) is 19.3 Å². The topological polar surface area (TPSA) is 70.0 Å². The lowest BCUT2D eigenvalue weighted by atomic mass is 10.0. The van der Waals surface area contributed by atoms with Crippen molar-refractivity contribution in [2.24, 2.45) is 0 Å². The summed E-state index contributed by atoms with van der Waals surface area (Å²) in [6.45, 7) is 4.30. The van der Waals surface area contributed by atoms with Gasteiger partial charge in [0.25, 0.3) is 5.91 Å². The van der Waals surface area contributed by atoms with Gasteiger partial charge in [-0.2, -0.15) is 0 Å². The summed E-state index contributed by atoms with van der Waals surface area (Å²) >= 11 is 0.